The van der Waals surface area contributed by atoms with Crippen LogP contribution in [-0.2, 0) is 4.79 Å². The molecular weight excluding hydrogens is 302 g/mol. The van der Waals surface area contributed by atoms with Gasteiger partial charge in [0.2, 0.25) is 0 Å². The number of amides is 1. The SMILES string of the molecule is CN1CC[C@H](NC(=O)C2(O)CCCC2)[C@H]1c1ccc(F)c(F)c1. The molecule has 2 atom stereocenters. The number of carbonyl (C=O) groups excluding carboxylic acids is 1. The zero-order valence-electron chi connectivity index (χ0n) is 13.2. The van der Waals surface area contributed by atoms with Crippen molar-refractivity contribution in [2.75, 3.05) is 13.6 Å². The van der Waals surface area contributed by atoms with Crippen molar-refractivity contribution in [3.63, 3.8) is 0 Å². The number of likely N-dealkylation sites (N-methyl/N-ethyl adjacent to an activating group) is 1. The molecule has 2 aliphatic rings. The van der Waals surface area contributed by atoms with Gasteiger partial charge in [-0.05, 0) is 56.8 Å². The normalized spacial score (nSPS) is 27.3. The number of nitrogens with zero attached hydrogens (tertiary/aromatic N) is 1. The van der Waals surface area contributed by atoms with Gasteiger partial charge in [0.1, 0.15) is 5.60 Å². The number of hydrogen-bond acceptors (Lipinski definition) is 3. The molecule has 1 aromatic carbocycles. The van der Waals surface area contributed by atoms with Crippen LogP contribution in [0.2, 0.25) is 0 Å². The molecule has 2 N–H and O–H groups in total. The second-order valence-electron chi connectivity index (χ2n) is 6.71. The summed E-state index contributed by atoms with van der Waals surface area (Å²) in [7, 11) is 1.89. The van der Waals surface area contributed by atoms with Crippen molar-refractivity contribution in [2.24, 2.45) is 0 Å². The Kier molecular flexibility index (Phi) is 4.38. The Morgan fingerprint density at radius 3 is 2.65 bits per heavy atom. The highest BCUT2D eigenvalue weighted by Crippen LogP contribution is 2.34. The summed E-state index contributed by atoms with van der Waals surface area (Å²) >= 11 is 0. The molecule has 1 amide bonds. The third-order valence-electron chi connectivity index (χ3n) is 5.10. The fraction of sp³-hybridized carbons (Fsp3) is 0.588. The van der Waals surface area contributed by atoms with Gasteiger partial charge in [0, 0.05) is 12.6 Å². The Labute approximate surface area is 134 Å². The highest BCUT2D eigenvalue weighted by molar-refractivity contribution is 5.85. The Balaban J connectivity index is 1.78. The van der Waals surface area contributed by atoms with Crippen LogP contribution < -0.4 is 5.32 Å². The molecule has 23 heavy (non-hydrogen) atoms. The quantitative estimate of drug-likeness (QED) is 0.896. The third kappa shape index (κ3) is 3.10. The third-order valence-corrected chi connectivity index (χ3v) is 5.10. The molecule has 1 heterocycles. The first-order valence-corrected chi connectivity index (χ1v) is 8.09. The molecule has 0 unspecified atom stereocenters. The van der Waals surface area contributed by atoms with Gasteiger partial charge in [-0.25, -0.2) is 8.78 Å². The molecule has 1 aromatic rings. The second-order valence-corrected chi connectivity index (χ2v) is 6.71. The fourth-order valence-electron chi connectivity index (χ4n) is 3.77. The van der Waals surface area contributed by atoms with Crippen molar-refractivity contribution in [1.82, 2.24) is 10.2 Å². The predicted octanol–water partition coefficient (Wildman–Crippen LogP) is 2.13. The van der Waals surface area contributed by atoms with Gasteiger partial charge in [-0.2, -0.15) is 0 Å². The van der Waals surface area contributed by atoms with Crippen LogP contribution >= 0.6 is 0 Å². The molecule has 4 nitrogen and oxygen atoms in total. The van der Waals surface area contributed by atoms with E-state index in [1.807, 2.05) is 11.9 Å². The lowest BCUT2D eigenvalue weighted by Crippen LogP contribution is -2.50. The monoisotopic (exact) mass is 324 g/mol. The van der Waals surface area contributed by atoms with Gasteiger partial charge in [-0.3, -0.25) is 9.69 Å². The van der Waals surface area contributed by atoms with Gasteiger partial charge in [0.15, 0.2) is 11.6 Å². The summed E-state index contributed by atoms with van der Waals surface area (Å²) in [5, 5.41) is 13.3. The number of halogens is 2. The minimum absolute atomic E-state index is 0.220. The lowest BCUT2D eigenvalue weighted by Gasteiger charge is -2.29. The molecule has 6 heteroatoms. The van der Waals surface area contributed by atoms with Crippen molar-refractivity contribution in [3.05, 3.63) is 35.4 Å². The molecule has 1 aliphatic heterocycles. The molecule has 126 valence electrons. The first-order chi connectivity index (χ1) is 10.9. The van der Waals surface area contributed by atoms with E-state index in [4.69, 9.17) is 0 Å². The van der Waals surface area contributed by atoms with Crippen LogP contribution in [0.15, 0.2) is 18.2 Å². The summed E-state index contributed by atoms with van der Waals surface area (Å²) in [6, 6.07) is 3.40. The molecule has 0 spiro atoms. The van der Waals surface area contributed by atoms with Crippen LogP contribution in [0.5, 0.6) is 0 Å². The first kappa shape index (κ1) is 16.3. The van der Waals surface area contributed by atoms with Crippen LogP contribution in [0.1, 0.15) is 43.7 Å². The zero-order valence-corrected chi connectivity index (χ0v) is 13.2. The predicted molar refractivity (Wildman–Crippen MR) is 81.7 cm³/mol. The van der Waals surface area contributed by atoms with Crippen LogP contribution in [0.4, 0.5) is 8.78 Å². The van der Waals surface area contributed by atoms with Crippen molar-refractivity contribution < 1.29 is 18.7 Å². The number of aliphatic hydroxyl groups is 1. The van der Waals surface area contributed by atoms with Gasteiger partial charge in [0.25, 0.3) is 5.91 Å². The summed E-state index contributed by atoms with van der Waals surface area (Å²) < 4.78 is 26.7. The lowest BCUT2D eigenvalue weighted by molar-refractivity contribution is -0.140. The Bertz CT molecular complexity index is 602. The molecule has 0 bridgehead atoms. The van der Waals surface area contributed by atoms with Crippen molar-refractivity contribution in [1.29, 1.82) is 0 Å². The van der Waals surface area contributed by atoms with E-state index < -0.39 is 17.2 Å². The van der Waals surface area contributed by atoms with Crippen LogP contribution in [-0.4, -0.2) is 41.1 Å². The number of likely N-dealkylation sites (tertiary alicyclic amines) is 1. The minimum atomic E-state index is -1.28. The summed E-state index contributed by atoms with van der Waals surface area (Å²) in [6.07, 6.45) is 3.37. The molecule has 1 aliphatic carbocycles. The highest BCUT2D eigenvalue weighted by atomic mass is 19.2. The van der Waals surface area contributed by atoms with E-state index in [0.717, 1.165) is 25.5 Å². The van der Waals surface area contributed by atoms with Gasteiger partial charge in [0.05, 0.1) is 6.04 Å². The molecule has 2 fully saturated rings. The van der Waals surface area contributed by atoms with E-state index in [2.05, 4.69) is 5.32 Å². The largest absolute Gasteiger partial charge is 0.380 e. The molecule has 1 saturated carbocycles. The summed E-state index contributed by atoms with van der Waals surface area (Å²) in [5.41, 5.74) is -0.646. The molecule has 0 aromatic heterocycles. The fourth-order valence-corrected chi connectivity index (χ4v) is 3.77. The topological polar surface area (TPSA) is 52.6 Å². The summed E-state index contributed by atoms with van der Waals surface area (Å²) in [6.45, 7) is 0.743. The van der Waals surface area contributed by atoms with E-state index in [1.54, 1.807) is 6.07 Å². The maximum absolute atomic E-state index is 13.5. The number of rotatable bonds is 3. The van der Waals surface area contributed by atoms with Gasteiger partial charge in [-0.1, -0.05) is 6.07 Å². The van der Waals surface area contributed by atoms with E-state index in [9.17, 15) is 18.7 Å². The van der Waals surface area contributed by atoms with Crippen LogP contribution in [0.25, 0.3) is 0 Å². The van der Waals surface area contributed by atoms with E-state index in [0.29, 0.717) is 24.8 Å². The number of hydrogen-bond donors (Lipinski definition) is 2. The maximum atomic E-state index is 13.5. The smallest absolute Gasteiger partial charge is 0.252 e. The summed E-state index contributed by atoms with van der Waals surface area (Å²) in [4.78, 5) is 14.4. The van der Waals surface area contributed by atoms with Gasteiger partial charge < -0.3 is 10.4 Å². The highest BCUT2D eigenvalue weighted by Gasteiger charge is 2.42. The molecule has 0 radical (unpaired) electrons. The Morgan fingerprint density at radius 2 is 2.00 bits per heavy atom. The molecule has 1 saturated heterocycles. The minimum Gasteiger partial charge on any atom is -0.380 e. The van der Waals surface area contributed by atoms with Crippen molar-refractivity contribution in [3.8, 4) is 0 Å². The Hall–Kier alpha value is -1.53. The van der Waals surface area contributed by atoms with Crippen LogP contribution in [0, 0.1) is 11.6 Å². The van der Waals surface area contributed by atoms with Crippen LogP contribution in [0.3, 0.4) is 0 Å². The van der Waals surface area contributed by atoms with E-state index >= 15 is 0 Å². The van der Waals surface area contributed by atoms with E-state index in [-0.39, 0.29) is 18.0 Å². The molecular formula is C17H22F2N2O2. The van der Waals surface area contributed by atoms with Crippen molar-refractivity contribution >= 4 is 5.91 Å². The first-order valence-electron chi connectivity index (χ1n) is 8.09. The van der Waals surface area contributed by atoms with Gasteiger partial charge in [-0.15, -0.1) is 0 Å². The van der Waals surface area contributed by atoms with E-state index in [1.165, 1.54) is 6.07 Å². The summed E-state index contributed by atoms with van der Waals surface area (Å²) in [5.74, 6) is -2.11. The maximum Gasteiger partial charge on any atom is 0.252 e. The van der Waals surface area contributed by atoms with Crippen molar-refractivity contribution in [2.45, 2.75) is 49.8 Å². The second kappa shape index (κ2) is 6.17. The Morgan fingerprint density at radius 1 is 1.30 bits per heavy atom. The standard InChI is InChI=1S/C17H22F2N2O2/c1-21-9-6-14(20-16(22)17(23)7-2-3-8-17)15(21)11-4-5-12(18)13(19)10-11/h4-5,10,14-15,23H,2-3,6-9H2,1H3,(H,20,22)/t14-,15+/m0/s1. The molecule has 3 rings (SSSR count). The van der Waals surface area contributed by atoms with Gasteiger partial charge >= 0.3 is 0 Å². The zero-order chi connectivity index (χ0) is 16.6. The number of carbonyl (C=O) groups is 1. The number of nitrogens with one attached hydrogen (secondary N) is 1. The average molecular weight is 324 g/mol. The number of benzene rings is 1. The lowest BCUT2D eigenvalue weighted by atomic mass is 9.97. The average Bonchev–Trinajstić information content (AvgIpc) is 3.10.